The van der Waals surface area contributed by atoms with Gasteiger partial charge in [0, 0.05) is 25.6 Å². The summed E-state index contributed by atoms with van der Waals surface area (Å²) in [6, 6.07) is 4.23. The fourth-order valence-corrected chi connectivity index (χ4v) is 3.80. The van der Waals surface area contributed by atoms with Crippen molar-refractivity contribution >= 4 is 17.4 Å². The summed E-state index contributed by atoms with van der Waals surface area (Å²) in [7, 11) is 0. The summed E-state index contributed by atoms with van der Waals surface area (Å²) in [6.45, 7) is 3.18. The summed E-state index contributed by atoms with van der Waals surface area (Å²) >= 11 is 5.69. The first-order chi connectivity index (χ1) is 13.2. The highest BCUT2D eigenvalue weighted by atomic mass is 35.5. The van der Waals surface area contributed by atoms with Crippen molar-refractivity contribution in [1.29, 1.82) is 0 Å². The minimum Gasteiger partial charge on any atom is -0.296 e. The minimum absolute atomic E-state index is 0.0324. The summed E-state index contributed by atoms with van der Waals surface area (Å²) in [6.07, 6.45) is -0.235. The SMILES string of the molecule is CC(c1ccc(Cl)c(C(F)(F)F)c1)N1CC(CC(=O)c2cn(C3CC3)nn2)C1. The van der Waals surface area contributed by atoms with Crippen LogP contribution in [0.4, 0.5) is 13.2 Å². The number of halogens is 4. The molecule has 1 saturated heterocycles. The molecule has 1 aromatic heterocycles. The minimum atomic E-state index is -4.48. The molecule has 2 aliphatic rings. The maximum absolute atomic E-state index is 13.1. The largest absolute Gasteiger partial charge is 0.417 e. The Hall–Kier alpha value is -1.93. The van der Waals surface area contributed by atoms with Gasteiger partial charge in [0.05, 0.1) is 22.8 Å². The van der Waals surface area contributed by atoms with Gasteiger partial charge in [0.15, 0.2) is 5.78 Å². The zero-order chi connectivity index (χ0) is 20.1. The lowest BCUT2D eigenvalue weighted by molar-refractivity contribution is -0.137. The van der Waals surface area contributed by atoms with Gasteiger partial charge in [-0.1, -0.05) is 22.9 Å². The van der Waals surface area contributed by atoms with E-state index in [4.69, 9.17) is 11.6 Å². The van der Waals surface area contributed by atoms with E-state index >= 15 is 0 Å². The Balaban J connectivity index is 1.33. The summed E-state index contributed by atoms with van der Waals surface area (Å²) in [5.41, 5.74) is 0.143. The van der Waals surface area contributed by atoms with E-state index in [1.165, 1.54) is 6.07 Å². The van der Waals surface area contributed by atoms with E-state index in [0.717, 1.165) is 18.9 Å². The number of carbonyl (C=O) groups excluding carboxylic acids is 1. The molecule has 4 rings (SSSR count). The molecule has 2 heterocycles. The summed E-state index contributed by atoms with van der Waals surface area (Å²) in [5.74, 6) is 0.144. The summed E-state index contributed by atoms with van der Waals surface area (Å²) in [5, 5.41) is 7.67. The molecule has 1 aromatic carbocycles. The smallest absolute Gasteiger partial charge is 0.296 e. The molecule has 150 valence electrons. The van der Waals surface area contributed by atoms with Gasteiger partial charge in [0.2, 0.25) is 0 Å². The van der Waals surface area contributed by atoms with Gasteiger partial charge in [-0.25, -0.2) is 4.68 Å². The predicted octanol–water partition coefficient (Wildman–Crippen LogP) is 4.55. The fraction of sp³-hybridized carbons (Fsp3) is 0.526. The lowest BCUT2D eigenvalue weighted by Gasteiger charge is -2.43. The molecule has 0 bridgehead atoms. The van der Waals surface area contributed by atoms with Crippen molar-refractivity contribution in [2.75, 3.05) is 13.1 Å². The summed E-state index contributed by atoms with van der Waals surface area (Å²) < 4.78 is 40.9. The van der Waals surface area contributed by atoms with Crippen molar-refractivity contribution in [3.05, 3.63) is 46.2 Å². The lowest BCUT2D eigenvalue weighted by atomic mass is 9.90. The van der Waals surface area contributed by atoms with Crippen LogP contribution >= 0.6 is 11.6 Å². The van der Waals surface area contributed by atoms with Crippen molar-refractivity contribution in [2.24, 2.45) is 5.92 Å². The number of ketones is 1. The van der Waals surface area contributed by atoms with Crippen molar-refractivity contribution in [2.45, 2.75) is 44.4 Å². The fourth-order valence-electron chi connectivity index (χ4n) is 3.57. The molecule has 5 nitrogen and oxygen atoms in total. The molecular formula is C19H20ClF3N4O. The average Bonchev–Trinajstić information content (AvgIpc) is 3.33. The number of nitrogens with zero attached hydrogens (tertiary/aromatic N) is 4. The molecule has 9 heteroatoms. The molecule has 28 heavy (non-hydrogen) atoms. The highest BCUT2D eigenvalue weighted by Crippen LogP contribution is 2.38. The number of hydrogen-bond donors (Lipinski definition) is 0. The van der Waals surface area contributed by atoms with E-state index < -0.39 is 11.7 Å². The van der Waals surface area contributed by atoms with Crippen molar-refractivity contribution in [3.63, 3.8) is 0 Å². The third kappa shape index (κ3) is 3.93. The monoisotopic (exact) mass is 412 g/mol. The predicted molar refractivity (Wildman–Crippen MR) is 97.2 cm³/mol. The average molecular weight is 413 g/mol. The molecular weight excluding hydrogens is 393 g/mol. The van der Waals surface area contributed by atoms with Gasteiger partial charge >= 0.3 is 6.18 Å². The molecule has 0 spiro atoms. The molecule has 1 atom stereocenters. The standard InChI is InChI=1S/C19H20ClF3N4O/c1-11(13-2-5-16(20)15(7-13)19(21,22)23)26-8-12(9-26)6-18(28)17-10-27(25-24-17)14-3-4-14/h2,5,7,10-12,14H,3-4,6,8-9H2,1H3. The number of Topliss-reactive ketones (excluding diaryl/α,β-unsaturated/α-hetero) is 1. The summed E-state index contributed by atoms with van der Waals surface area (Å²) in [4.78, 5) is 14.4. The number of benzene rings is 1. The molecule has 2 aromatic rings. The van der Waals surface area contributed by atoms with Gasteiger partial charge in [-0.2, -0.15) is 13.2 Å². The van der Waals surface area contributed by atoms with E-state index in [9.17, 15) is 18.0 Å². The Morgan fingerprint density at radius 1 is 1.32 bits per heavy atom. The van der Waals surface area contributed by atoms with E-state index in [-0.39, 0.29) is 22.8 Å². The van der Waals surface area contributed by atoms with Crippen LogP contribution in [0.25, 0.3) is 0 Å². The second-order valence-electron chi connectivity index (χ2n) is 7.68. The normalized spacial score (nSPS) is 19.5. The first-order valence-electron chi connectivity index (χ1n) is 9.28. The van der Waals surface area contributed by atoms with Crippen molar-refractivity contribution in [1.82, 2.24) is 19.9 Å². The zero-order valence-electron chi connectivity index (χ0n) is 15.3. The maximum Gasteiger partial charge on any atom is 0.417 e. The second-order valence-corrected chi connectivity index (χ2v) is 8.08. The van der Waals surface area contributed by atoms with Gasteiger partial charge in [0.1, 0.15) is 5.69 Å². The zero-order valence-corrected chi connectivity index (χ0v) is 16.0. The van der Waals surface area contributed by atoms with Crippen LogP contribution in [-0.4, -0.2) is 38.8 Å². The maximum atomic E-state index is 13.1. The van der Waals surface area contributed by atoms with Crippen LogP contribution in [0.5, 0.6) is 0 Å². The molecule has 0 N–H and O–H groups in total. The molecule has 1 saturated carbocycles. The van der Waals surface area contributed by atoms with Crippen LogP contribution in [0.1, 0.15) is 59.9 Å². The molecule has 1 aliphatic heterocycles. The van der Waals surface area contributed by atoms with E-state index in [2.05, 4.69) is 15.2 Å². The number of alkyl halides is 3. The van der Waals surface area contributed by atoms with E-state index in [1.54, 1.807) is 16.9 Å². The van der Waals surface area contributed by atoms with Crippen LogP contribution in [0.3, 0.4) is 0 Å². The molecule has 1 unspecified atom stereocenters. The highest BCUT2D eigenvalue weighted by Gasteiger charge is 2.36. The van der Waals surface area contributed by atoms with Gasteiger partial charge in [-0.15, -0.1) is 5.10 Å². The molecule has 2 fully saturated rings. The van der Waals surface area contributed by atoms with E-state index in [0.29, 0.717) is 36.8 Å². The van der Waals surface area contributed by atoms with Crippen LogP contribution in [0.15, 0.2) is 24.4 Å². The Morgan fingerprint density at radius 2 is 2.04 bits per heavy atom. The molecule has 1 aliphatic carbocycles. The molecule has 0 amide bonds. The number of likely N-dealkylation sites (tertiary alicyclic amines) is 1. The topological polar surface area (TPSA) is 51.0 Å². The van der Waals surface area contributed by atoms with E-state index in [1.807, 2.05) is 6.92 Å². The van der Waals surface area contributed by atoms with Crippen LogP contribution in [-0.2, 0) is 6.18 Å². The van der Waals surface area contributed by atoms with Gasteiger partial charge < -0.3 is 0 Å². The van der Waals surface area contributed by atoms with Crippen LogP contribution < -0.4 is 0 Å². The van der Waals surface area contributed by atoms with Gasteiger partial charge in [0.25, 0.3) is 0 Å². The Labute approximate surface area is 165 Å². The Kier molecular flexibility index (Phi) is 4.95. The number of carbonyl (C=O) groups is 1. The lowest BCUT2D eigenvalue weighted by Crippen LogP contribution is -2.48. The highest BCUT2D eigenvalue weighted by molar-refractivity contribution is 6.31. The van der Waals surface area contributed by atoms with Gasteiger partial charge in [-0.3, -0.25) is 9.69 Å². The number of rotatable bonds is 6. The van der Waals surface area contributed by atoms with Crippen molar-refractivity contribution in [3.8, 4) is 0 Å². The Bertz CT molecular complexity index is 888. The molecule has 0 radical (unpaired) electrons. The first kappa shape index (κ1) is 19.4. The number of aromatic nitrogens is 3. The van der Waals surface area contributed by atoms with Crippen molar-refractivity contribution < 1.29 is 18.0 Å². The second kappa shape index (κ2) is 7.15. The third-order valence-electron chi connectivity index (χ3n) is 5.50. The first-order valence-corrected chi connectivity index (χ1v) is 9.66. The quantitative estimate of drug-likeness (QED) is 0.653. The van der Waals surface area contributed by atoms with Crippen LogP contribution in [0, 0.1) is 5.92 Å². The van der Waals surface area contributed by atoms with Crippen LogP contribution in [0.2, 0.25) is 5.02 Å². The number of hydrogen-bond acceptors (Lipinski definition) is 4. The van der Waals surface area contributed by atoms with Gasteiger partial charge in [-0.05, 0) is 43.4 Å². The Morgan fingerprint density at radius 3 is 2.68 bits per heavy atom. The third-order valence-corrected chi connectivity index (χ3v) is 5.83.